The van der Waals surface area contributed by atoms with E-state index in [1.54, 1.807) is 6.20 Å². The maximum absolute atomic E-state index is 12.4. The lowest BCUT2D eigenvalue weighted by Crippen LogP contribution is -2.27. The van der Waals surface area contributed by atoms with Crippen molar-refractivity contribution in [3.8, 4) is 11.3 Å². The second-order valence-corrected chi connectivity index (χ2v) is 6.46. The first-order chi connectivity index (χ1) is 12.5. The van der Waals surface area contributed by atoms with Crippen LogP contribution in [0.15, 0.2) is 48.7 Å². The molecule has 6 nitrogen and oxygen atoms in total. The molecule has 0 atom stereocenters. The van der Waals surface area contributed by atoms with Gasteiger partial charge in [-0.3, -0.25) is 4.79 Å². The Morgan fingerprint density at radius 1 is 1.19 bits per heavy atom. The van der Waals surface area contributed by atoms with Gasteiger partial charge in [-0.15, -0.1) is 0 Å². The predicted molar refractivity (Wildman–Crippen MR) is 105 cm³/mol. The highest BCUT2D eigenvalue weighted by molar-refractivity contribution is 5.95. The summed E-state index contributed by atoms with van der Waals surface area (Å²) in [6.45, 7) is 1.59. The number of carbonyl (C=O) groups is 1. The van der Waals surface area contributed by atoms with Crippen molar-refractivity contribution in [3.63, 3.8) is 0 Å². The molecule has 0 bridgehead atoms. The number of aromatic nitrogens is 2. The van der Waals surface area contributed by atoms with Crippen LogP contribution < -0.4 is 11.1 Å². The standard InChI is InChI=1S/C20H23N5O/c1-25(2)12-4-10-23-20(26)16-6-3-5-15(13-16)17-8-7-14-9-11-22-19(21)18(14)24-17/h3,5-9,11,13H,4,10,12H2,1-2H3,(H2,21,22)(H,23,26). The van der Waals surface area contributed by atoms with Gasteiger partial charge in [0.25, 0.3) is 5.91 Å². The molecule has 1 aromatic carbocycles. The number of nitrogens with two attached hydrogens (primary N) is 1. The highest BCUT2D eigenvalue weighted by atomic mass is 16.1. The Balaban J connectivity index is 1.79. The molecule has 3 N–H and O–H groups in total. The number of carbonyl (C=O) groups excluding carboxylic acids is 1. The van der Waals surface area contributed by atoms with Gasteiger partial charge in [-0.2, -0.15) is 0 Å². The average Bonchev–Trinajstić information content (AvgIpc) is 2.65. The minimum atomic E-state index is -0.0763. The molecule has 0 aliphatic rings. The number of hydrogen-bond donors (Lipinski definition) is 2. The minimum Gasteiger partial charge on any atom is -0.382 e. The number of hydrogen-bond acceptors (Lipinski definition) is 5. The van der Waals surface area contributed by atoms with Crippen LogP contribution in [0.5, 0.6) is 0 Å². The number of amides is 1. The van der Waals surface area contributed by atoms with E-state index in [-0.39, 0.29) is 5.91 Å². The Morgan fingerprint density at radius 3 is 2.85 bits per heavy atom. The van der Waals surface area contributed by atoms with Crippen LogP contribution in [0, 0.1) is 0 Å². The fourth-order valence-corrected chi connectivity index (χ4v) is 2.75. The molecule has 2 heterocycles. The number of rotatable bonds is 6. The molecule has 0 fully saturated rings. The molecule has 0 radical (unpaired) electrons. The van der Waals surface area contributed by atoms with Crippen LogP contribution in [0.1, 0.15) is 16.8 Å². The van der Waals surface area contributed by atoms with Crippen LogP contribution in [0.3, 0.4) is 0 Å². The van der Waals surface area contributed by atoms with E-state index in [0.29, 0.717) is 23.4 Å². The molecule has 0 aliphatic heterocycles. The molecule has 3 rings (SSSR count). The number of anilines is 1. The molecule has 0 saturated heterocycles. The topological polar surface area (TPSA) is 84.1 Å². The summed E-state index contributed by atoms with van der Waals surface area (Å²) >= 11 is 0. The van der Waals surface area contributed by atoms with Crippen molar-refractivity contribution in [2.24, 2.45) is 0 Å². The summed E-state index contributed by atoms with van der Waals surface area (Å²) in [5, 5.41) is 3.90. The van der Waals surface area contributed by atoms with E-state index in [0.717, 1.165) is 29.6 Å². The zero-order valence-corrected chi connectivity index (χ0v) is 15.1. The highest BCUT2D eigenvalue weighted by Crippen LogP contribution is 2.23. The summed E-state index contributed by atoms with van der Waals surface area (Å²) in [6, 6.07) is 13.2. The van der Waals surface area contributed by atoms with E-state index in [1.807, 2.05) is 56.6 Å². The molecule has 3 aromatic rings. The van der Waals surface area contributed by atoms with Gasteiger partial charge in [0.1, 0.15) is 11.3 Å². The number of nitrogen functional groups attached to an aromatic ring is 1. The third kappa shape index (κ3) is 4.15. The molecule has 0 unspecified atom stereocenters. The fourth-order valence-electron chi connectivity index (χ4n) is 2.75. The van der Waals surface area contributed by atoms with Crippen molar-refractivity contribution in [3.05, 3.63) is 54.2 Å². The van der Waals surface area contributed by atoms with E-state index in [2.05, 4.69) is 20.2 Å². The van der Waals surface area contributed by atoms with Gasteiger partial charge >= 0.3 is 0 Å². The Morgan fingerprint density at radius 2 is 2.04 bits per heavy atom. The molecule has 0 spiro atoms. The van der Waals surface area contributed by atoms with Crippen molar-refractivity contribution in [1.82, 2.24) is 20.2 Å². The summed E-state index contributed by atoms with van der Waals surface area (Å²) in [4.78, 5) is 23.2. The van der Waals surface area contributed by atoms with Gasteiger partial charge in [-0.05, 0) is 51.3 Å². The monoisotopic (exact) mass is 349 g/mol. The van der Waals surface area contributed by atoms with Crippen molar-refractivity contribution in [1.29, 1.82) is 0 Å². The fraction of sp³-hybridized carbons (Fsp3) is 0.250. The number of pyridine rings is 2. The molecule has 0 aliphatic carbocycles. The molecule has 134 valence electrons. The lowest BCUT2D eigenvalue weighted by Gasteiger charge is -2.10. The van der Waals surface area contributed by atoms with E-state index in [1.165, 1.54) is 0 Å². The highest BCUT2D eigenvalue weighted by Gasteiger charge is 2.09. The number of fused-ring (bicyclic) bond motifs is 1. The Labute approximate surface area is 153 Å². The first kappa shape index (κ1) is 17.8. The third-order valence-electron chi connectivity index (χ3n) is 4.12. The molecule has 0 saturated carbocycles. The summed E-state index contributed by atoms with van der Waals surface area (Å²) in [5.41, 5.74) is 8.85. The first-order valence-corrected chi connectivity index (χ1v) is 8.59. The lowest BCUT2D eigenvalue weighted by atomic mass is 10.1. The number of nitrogens with one attached hydrogen (secondary N) is 1. The van der Waals surface area contributed by atoms with Crippen molar-refractivity contribution >= 4 is 22.6 Å². The molecule has 26 heavy (non-hydrogen) atoms. The summed E-state index contributed by atoms with van der Waals surface area (Å²) in [5.74, 6) is 0.326. The van der Waals surface area contributed by atoms with Gasteiger partial charge in [-0.25, -0.2) is 9.97 Å². The van der Waals surface area contributed by atoms with Crippen LogP contribution in [-0.2, 0) is 0 Å². The van der Waals surface area contributed by atoms with Crippen molar-refractivity contribution in [2.45, 2.75) is 6.42 Å². The van der Waals surface area contributed by atoms with Gasteiger partial charge in [0.05, 0.1) is 5.69 Å². The third-order valence-corrected chi connectivity index (χ3v) is 4.12. The molecular weight excluding hydrogens is 326 g/mol. The molecule has 6 heteroatoms. The van der Waals surface area contributed by atoms with E-state index in [9.17, 15) is 4.79 Å². The number of benzene rings is 1. The smallest absolute Gasteiger partial charge is 0.251 e. The normalized spacial score (nSPS) is 11.0. The molecular formula is C20H23N5O. The maximum atomic E-state index is 12.4. The summed E-state index contributed by atoms with van der Waals surface area (Å²) in [7, 11) is 4.04. The van der Waals surface area contributed by atoms with Gasteiger partial charge in [0.15, 0.2) is 0 Å². The van der Waals surface area contributed by atoms with Gasteiger partial charge in [-0.1, -0.05) is 18.2 Å². The van der Waals surface area contributed by atoms with Gasteiger partial charge < -0.3 is 16.0 Å². The first-order valence-electron chi connectivity index (χ1n) is 8.59. The zero-order chi connectivity index (χ0) is 18.5. The van der Waals surface area contributed by atoms with Gasteiger partial charge in [0.2, 0.25) is 0 Å². The molecule has 1 amide bonds. The minimum absolute atomic E-state index is 0.0763. The predicted octanol–water partition coefficient (Wildman–Crippen LogP) is 2.56. The number of nitrogens with zero attached hydrogens (tertiary/aromatic N) is 3. The largest absolute Gasteiger partial charge is 0.382 e. The van der Waals surface area contributed by atoms with Crippen LogP contribution in [0.4, 0.5) is 5.82 Å². The van der Waals surface area contributed by atoms with Crippen molar-refractivity contribution in [2.75, 3.05) is 32.9 Å². The van der Waals surface area contributed by atoms with E-state index in [4.69, 9.17) is 5.73 Å². The zero-order valence-electron chi connectivity index (χ0n) is 15.1. The van der Waals surface area contributed by atoms with E-state index < -0.39 is 0 Å². The average molecular weight is 349 g/mol. The lowest BCUT2D eigenvalue weighted by molar-refractivity contribution is 0.0952. The Hall–Kier alpha value is -2.99. The van der Waals surface area contributed by atoms with Crippen LogP contribution in [-0.4, -0.2) is 48.0 Å². The van der Waals surface area contributed by atoms with E-state index >= 15 is 0 Å². The summed E-state index contributed by atoms with van der Waals surface area (Å²) < 4.78 is 0. The maximum Gasteiger partial charge on any atom is 0.251 e. The SMILES string of the molecule is CN(C)CCCNC(=O)c1cccc(-c2ccc3ccnc(N)c3n2)c1. The van der Waals surface area contributed by atoms with Crippen molar-refractivity contribution < 1.29 is 4.79 Å². The van der Waals surface area contributed by atoms with Crippen LogP contribution >= 0.6 is 0 Å². The second kappa shape index (κ2) is 7.93. The summed E-state index contributed by atoms with van der Waals surface area (Å²) in [6.07, 6.45) is 2.58. The van der Waals surface area contributed by atoms with Crippen LogP contribution in [0.2, 0.25) is 0 Å². The Kier molecular flexibility index (Phi) is 5.43. The Bertz CT molecular complexity index is 923. The van der Waals surface area contributed by atoms with Crippen LogP contribution in [0.25, 0.3) is 22.2 Å². The second-order valence-electron chi connectivity index (χ2n) is 6.46. The quantitative estimate of drug-likeness (QED) is 0.668. The molecule has 2 aromatic heterocycles. The van der Waals surface area contributed by atoms with Gasteiger partial charge in [0, 0.05) is 29.3 Å².